The number of methoxy groups -OCH3 is 1. The molecule has 3 fully saturated rings. The Labute approximate surface area is 154 Å². The highest BCUT2D eigenvalue weighted by Crippen LogP contribution is 2.41. The van der Waals surface area contributed by atoms with Crippen molar-refractivity contribution in [2.45, 2.75) is 32.2 Å². The zero-order valence-electron chi connectivity index (χ0n) is 15.4. The van der Waals surface area contributed by atoms with E-state index < -0.39 is 0 Å². The molecule has 1 atom stereocenters. The van der Waals surface area contributed by atoms with Crippen molar-refractivity contribution < 1.29 is 14.3 Å². The number of likely N-dealkylation sites (tertiary alicyclic amines) is 3. The minimum Gasteiger partial charge on any atom is -0.497 e. The van der Waals surface area contributed by atoms with Gasteiger partial charge in [0.05, 0.1) is 12.5 Å². The zero-order chi connectivity index (χ0) is 18.1. The molecule has 0 aliphatic carbocycles. The predicted molar refractivity (Wildman–Crippen MR) is 97.9 cm³/mol. The molecule has 26 heavy (non-hydrogen) atoms. The molecule has 3 aliphatic rings. The van der Waals surface area contributed by atoms with Crippen LogP contribution in [0.4, 0.5) is 4.79 Å². The van der Waals surface area contributed by atoms with E-state index in [1.165, 1.54) is 0 Å². The molecule has 0 saturated carbocycles. The van der Waals surface area contributed by atoms with Gasteiger partial charge in [0.1, 0.15) is 5.75 Å². The van der Waals surface area contributed by atoms with Crippen LogP contribution in [0.25, 0.3) is 0 Å². The Hall–Kier alpha value is -2.24. The van der Waals surface area contributed by atoms with Crippen LogP contribution in [0.15, 0.2) is 24.3 Å². The van der Waals surface area contributed by atoms with Gasteiger partial charge in [-0.05, 0) is 43.4 Å². The van der Waals surface area contributed by atoms with E-state index >= 15 is 0 Å². The van der Waals surface area contributed by atoms with Gasteiger partial charge >= 0.3 is 6.03 Å². The fourth-order valence-electron chi connectivity index (χ4n) is 4.56. The van der Waals surface area contributed by atoms with Gasteiger partial charge in [0.25, 0.3) is 0 Å². The second kappa shape index (κ2) is 6.82. The van der Waals surface area contributed by atoms with E-state index in [0.717, 1.165) is 56.6 Å². The van der Waals surface area contributed by atoms with E-state index in [9.17, 15) is 9.59 Å². The molecule has 3 heterocycles. The normalized spacial score (nSPS) is 25.6. The molecule has 0 radical (unpaired) electrons. The monoisotopic (exact) mass is 357 g/mol. The third-order valence-corrected chi connectivity index (χ3v) is 6.11. The van der Waals surface area contributed by atoms with Crippen LogP contribution in [0.5, 0.6) is 5.75 Å². The summed E-state index contributed by atoms with van der Waals surface area (Å²) in [4.78, 5) is 31.6. The largest absolute Gasteiger partial charge is 0.497 e. The molecule has 1 aromatic carbocycles. The Morgan fingerprint density at radius 1 is 1.12 bits per heavy atom. The molecular formula is C20H27N3O3. The van der Waals surface area contributed by atoms with Crippen LogP contribution < -0.4 is 4.74 Å². The van der Waals surface area contributed by atoms with Crippen molar-refractivity contribution in [1.82, 2.24) is 14.7 Å². The van der Waals surface area contributed by atoms with Crippen LogP contribution in [-0.2, 0) is 11.3 Å². The fraction of sp³-hybridized carbons (Fsp3) is 0.600. The lowest BCUT2D eigenvalue weighted by Gasteiger charge is -2.26. The molecule has 3 saturated heterocycles. The van der Waals surface area contributed by atoms with Crippen LogP contribution >= 0.6 is 0 Å². The lowest BCUT2D eigenvalue weighted by Crippen LogP contribution is -2.43. The van der Waals surface area contributed by atoms with E-state index in [-0.39, 0.29) is 17.4 Å². The van der Waals surface area contributed by atoms with Gasteiger partial charge in [-0.1, -0.05) is 12.1 Å². The SMILES string of the molecule is COc1cccc(CN2CCC3(CCN(C(=O)N4CCCC4)C3)C2=O)c1. The van der Waals surface area contributed by atoms with Gasteiger partial charge in [-0.25, -0.2) is 4.79 Å². The Kier molecular flexibility index (Phi) is 4.51. The number of urea groups is 1. The van der Waals surface area contributed by atoms with Gasteiger partial charge in [0.15, 0.2) is 0 Å². The van der Waals surface area contributed by atoms with Crippen LogP contribution in [-0.4, -0.2) is 66.5 Å². The van der Waals surface area contributed by atoms with Crippen molar-refractivity contribution in [2.24, 2.45) is 5.41 Å². The summed E-state index contributed by atoms with van der Waals surface area (Å²) in [6.07, 6.45) is 3.83. The van der Waals surface area contributed by atoms with Crippen molar-refractivity contribution in [3.63, 3.8) is 0 Å². The third kappa shape index (κ3) is 3.02. The van der Waals surface area contributed by atoms with Gasteiger partial charge in [-0.2, -0.15) is 0 Å². The van der Waals surface area contributed by atoms with Gasteiger partial charge in [0.2, 0.25) is 5.91 Å². The Morgan fingerprint density at radius 2 is 1.88 bits per heavy atom. The van der Waals surface area contributed by atoms with Gasteiger partial charge in [-0.3, -0.25) is 4.79 Å². The summed E-state index contributed by atoms with van der Waals surface area (Å²) < 4.78 is 5.28. The first-order valence-corrected chi connectivity index (χ1v) is 9.57. The zero-order valence-corrected chi connectivity index (χ0v) is 15.4. The highest BCUT2D eigenvalue weighted by atomic mass is 16.5. The lowest BCUT2D eigenvalue weighted by atomic mass is 9.85. The van der Waals surface area contributed by atoms with Crippen molar-refractivity contribution in [2.75, 3.05) is 39.8 Å². The standard InChI is InChI=1S/C20H27N3O3/c1-26-17-6-4-5-16(13-17)14-22-11-7-20(18(22)24)8-12-23(15-20)19(25)21-9-2-3-10-21/h4-6,13H,2-3,7-12,14-15H2,1H3. The van der Waals surface area contributed by atoms with E-state index in [4.69, 9.17) is 4.74 Å². The predicted octanol–water partition coefficient (Wildman–Crippen LogP) is 2.34. The first-order valence-electron chi connectivity index (χ1n) is 9.57. The van der Waals surface area contributed by atoms with Crippen LogP contribution in [0, 0.1) is 5.41 Å². The van der Waals surface area contributed by atoms with Gasteiger partial charge in [-0.15, -0.1) is 0 Å². The second-order valence-electron chi connectivity index (χ2n) is 7.76. The molecule has 3 aliphatic heterocycles. The summed E-state index contributed by atoms with van der Waals surface area (Å²) in [7, 11) is 1.65. The fourth-order valence-corrected chi connectivity index (χ4v) is 4.56. The van der Waals surface area contributed by atoms with Crippen LogP contribution in [0.1, 0.15) is 31.2 Å². The molecule has 1 aromatic rings. The van der Waals surface area contributed by atoms with Gasteiger partial charge in [0, 0.05) is 39.3 Å². The lowest BCUT2D eigenvalue weighted by molar-refractivity contribution is -0.135. The Morgan fingerprint density at radius 3 is 2.65 bits per heavy atom. The quantitative estimate of drug-likeness (QED) is 0.834. The topological polar surface area (TPSA) is 53.1 Å². The number of benzene rings is 1. The highest BCUT2D eigenvalue weighted by Gasteiger charge is 2.52. The van der Waals surface area contributed by atoms with Crippen molar-refractivity contribution in [3.05, 3.63) is 29.8 Å². The summed E-state index contributed by atoms with van der Waals surface area (Å²) in [5.41, 5.74) is 0.714. The van der Waals surface area contributed by atoms with Crippen LogP contribution in [0.2, 0.25) is 0 Å². The molecule has 0 N–H and O–H groups in total. The smallest absolute Gasteiger partial charge is 0.320 e. The number of hydrogen-bond acceptors (Lipinski definition) is 3. The molecule has 6 heteroatoms. The summed E-state index contributed by atoms with van der Waals surface area (Å²) in [6.45, 7) is 4.37. The summed E-state index contributed by atoms with van der Waals surface area (Å²) in [5.74, 6) is 1.02. The first kappa shape index (κ1) is 17.2. The second-order valence-corrected chi connectivity index (χ2v) is 7.76. The van der Waals surface area contributed by atoms with E-state index in [0.29, 0.717) is 19.6 Å². The molecule has 3 amide bonds. The summed E-state index contributed by atoms with van der Waals surface area (Å²) >= 11 is 0. The minimum absolute atomic E-state index is 0.124. The average Bonchev–Trinajstić information content (AvgIpc) is 3.40. The number of hydrogen-bond donors (Lipinski definition) is 0. The highest BCUT2D eigenvalue weighted by molar-refractivity contribution is 5.87. The molecular weight excluding hydrogens is 330 g/mol. The first-order chi connectivity index (χ1) is 12.6. The number of ether oxygens (including phenoxy) is 1. The maximum atomic E-state index is 13.1. The molecule has 0 bridgehead atoms. The maximum absolute atomic E-state index is 13.1. The van der Waals surface area contributed by atoms with E-state index in [2.05, 4.69) is 0 Å². The summed E-state index contributed by atoms with van der Waals surface area (Å²) in [6, 6.07) is 8.00. The molecule has 0 aromatic heterocycles. The Balaban J connectivity index is 1.41. The minimum atomic E-state index is -0.367. The Bertz CT molecular complexity index is 701. The molecule has 1 unspecified atom stereocenters. The maximum Gasteiger partial charge on any atom is 0.320 e. The summed E-state index contributed by atoms with van der Waals surface area (Å²) in [5, 5.41) is 0. The molecule has 4 rings (SSSR count). The average molecular weight is 357 g/mol. The number of carbonyl (C=O) groups excluding carboxylic acids is 2. The molecule has 1 spiro atoms. The van der Waals surface area contributed by atoms with Gasteiger partial charge < -0.3 is 19.4 Å². The van der Waals surface area contributed by atoms with Crippen molar-refractivity contribution in [3.8, 4) is 5.75 Å². The van der Waals surface area contributed by atoms with Crippen LogP contribution in [0.3, 0.4) is 0 Å². The molecule has 6 nitrogen and oxygen atoms in total. The number of amides is 3. The van der Waals surface area contributed by atoms with Crippen molar-refractivity contribution in [1.29, 1.82) is 0 Å². The van der Waals surface area contributed by atoms with Crippen molar-refractivity contribution >= 4 is 11.9 Å². The number of nitrogens with zero attached hydrogens (tertiary/aromatic N) is 3. The number of rotatable bonds is 3. The van der Waals surface area contributed by atoms with E-state index in [1.807, 2.05) is 39.0 Å². The number of carbonyl (C=O) groups is 2. The molecule has 140 valence electrons. The van der Waals surface area contributed by atoms with E-state index in [1.54, 1.807) is 7.11 Å². The third-order valence-electron chi connectivity index (χ3n) is 6.11.